The molecule has 0 N–H and O–H groups in total. The van der Waals surface area contributed by atoms with Crippen molar-refractivity contribution in [2.24, 2.45) is 0 Å². The van der Waals surface area contributed by atoms with E-state index in [9.17, 15) is 0 Å². The summed E-state index contributed by atoms with van der Waals surface area (Å²) in [5.74, 6) is 0. The summed E-state index contributed by atoms with van der Waals surface area (Å²) < 4.78 is 0. The zero-order chi connectivity index (χ0) is 27.5. The van der Waals surface area contributed by atoms with Crippen molar-refractivity contribution in [1.29, 1.82) is 0 Å². The van der Waals surface area contributed by atoms with Gasteiger partial charge in [-0.1, -0.05) is 131 Å². The number of nitrogens with zero attached hydrogens (tertiary/aromatic N) is 2. The van der Waals surface area contributed by atoms with Gasteiger partial charge in [-0.3, -0.25) is 0 Å². The Kier molecular flexibility index (Phi) is 5.50. The Bertz CT molecular complexity index is 1880. The van der Waals surface area contributed by atoms with E-state index in [0.717, 1.165) is 39.1 Å². The molecule has 5 aromatic carbocycles. The standard InChI is InChI=1S/C38H32N2/c1-37(2)31-18-12-11-17-29(31)30-21-19-27(23-32(30)38(37,3)4)28-20-22-33-34(24-28)40-36(26-15-9-6-10-16-26)35(39-33)25-13-7-5-8-14-25/h5-24H,1-4H3. The summed E-state index contributed by atoms with van der Waals surface area (Å²) in [5.41, 5.74) is 13.6. The van der Waals surface area contributed by atoms with Crippen LogP contribution in [-0.2, 0) is 10.8 Å². The maximum Gasteiger partial charge on any atom is 0.0973 e. The predicted molar refractivity (Wildman–Crippen MR) is 167 cm³/mol. The van der Waals surface area contributed by atoms with Gasteiger partial charge in [-0.2, -0.15) is 0 Å². The highest BCUT2D eigenvalue weighted by molar-refractivity contribution is 5.89. The van der Waals surface area contributed by atoms with E-state index in [1.165, 1.54) is 27.8 Å². The molecule has 40 heavy (non-hydrogen) atoms. The molecule has 0 radical (unpaired) electrons. The zero-order valence-electron chi connectivity index (χ0n) is 23.4. The number of aromatic nitrogens is 2. The van der Waals surface area contributed by atoms with Gasteiger partial charge < -0.3 is 0 Å². The fourth-order valence-electron chi connectivity index (χ4n) is 6.24. The van der Waals surface area contributed by atoms with E-state index >= 15 is 0 Å². The molecule has 1 aliphatic carbocycles. The first-order valence-corrected chi connectivity index (χ1v) is 14.0. The van der Waals surface area contributed by atoms with E-state index in [0.29, 0.717) is 0 Å². The van der Waals surface area contributed by atoms with E-state index in [1.54, 1.807) is 0 Å². The second-order valence-electron chi connectivity index (χ2n) is 11.9. The molecule has 0 aliphatic heterocycles. The molecule has 0 saturated heterocycles. The van der Waals surface area contributed by atoms with Crippen LogP contribution in [0.15, 0.2) is 121 Å². The summed E-state index contributed by atoms with van der Waals surface area (Å²) in [5, 5.41) is 0. The third kappa shape index (κ3) is 3.71. The molecule has 1 heterocycles. The molecule has 0 spiro atoms. The zero-order valence-corrected chi connectivity index (χ0v) is 23.4. The lowest BCUT2D eigenvalue weighted by atomic mass is 9.55. The predicted octanol–water partition coefficient (Wildman–Crippen LogP) is 9.87. The normalized spacial score (nSPS) is 14.9. The molecular formula is C38H32N2. The maximum atomic E-state index is 5.21. The van der Waals surface area contributed by atoms with Crippen LogP contribution in [0.3, 0.4) is 0 Å². The van der Waals surface area contributed by atoms with Gasteiger partial charge in [0, 0.05) is 11.1 Å². The molecule has 6 aromatic rings. The van der Waals surface area contributed by atoms with E-state index in [4.69, 9.17) is 9.97 Å². The summed E-state index contributed by atoms with van der Waals surface area (Å²) in [6.45, 7) is 9.52. The number of hydrogen-bond acceptors (Lipinski definition) is 2. The Morgan fingerprint density at radius 2 is 0.900 bits per heavy atom. The Morgan fingerprint density at radius 3 is 1.57 bits per heavy atom. The lowest BCUT2D eigenvalue weighted by Crippen LogP contribution is -2.43. The SMILES string of the molecule is CC1(C)c2ccccc2-c2ccc(-c3ccc4nc(-c5ccccc5)c(-c5ccccc5)nc4c3)cc2C1(C)C. The van der Waals surface area contributed by atoms with Gasteiger partial charge in [0.15, 0.2) is 0 Å². The van der Waals surface area contributed by atoms with Crippen molar-refractivity contribution < 1.29 is 0 Å². The Balaban J connectivity index is 1.40. The highest BCUT2D eigenvalue weighted by atomic mass is 14.8. The smallest absolute Gasteiger partial charge is 0.0973 e. The second-order valence-corrected chi connectivity index (χ2v) is 11.9. The van der Waals surface area contributed by atoms with Crippen molar-refractivity contribution in [3.05, 3.63) is 132 Å². The molecule has 7 rings (SSSR count). The summed E-state index contributed by atoms with van der Waals surface area (Å²) in [7, 11) is 0. The minimum Gasteiger partial charge on any atom is -0.244 e. The van der Waals surface area contributed by atoms with Gasteiger partial charge in [0.25, 0.3) is 0 Å². The third-order valence-corrected chi connectivity index (χ3v) is 9.24. The first-order valence-electron chi connectivity index (χ1n) is 14.0. The van der Waals surface area contributed by atoms with Crippen LogP contribution < -0.4 is 0 Å². The molecule has 2 nitrogen and oxygen atoms in total. The molecule has 1 aromatic heterocycles. The summed E-state index contributed by atoms with van der Waals surface area (Å²) >= 11 is 0. The van der Waals surface area contributed by atoms with E-state index in [2.05, 4.69) is 137 Å². The van der Waals surface area contributed by atoms with Gasteiger partial charge in [-0.15, -0.1) is 0 Å². The lowest BCUT2D eigenvalue weighted by Gasteiger charge is -2.48. The Hall–Kier alpha value is -4.56. The van der Waals surface area contributed by atoms with E-state index < -0.39 is 0 Å². The van der Waals surface area contributed by atoms with Crippen LogP contribution in [0.2, 0.25) is 0 Å². The highest BCUT2D eigenvalue weighted by Crippen LogP contribution is 2.54. The van der Waals surface area contributed by atoms with Crippen LogP contribution in [-0.4, -0.2) is 9.97 Å². The first-order chi connectivity index (χ1) is 19.3. The van der Waals surface area contributed by atoms with Crippen LogP contribution in [0.1, 0.15) is 38.8 Å². The number of fused-ring (bicyclic) bond motifs is 4. The topological polar surface area (TPSA) is 25.8 Å². The van der Waals surface area contributed by atoms with Gasteiger partial charge in [0.1, 0.15) is 0 Å². The Labute approximate surface area is 236 Å². The van der Waals surface area contributed by atoms with E-state index in [-0.39, 0.29) is 10.8 Å². The third-order valence-electron chi connectivity index (χ3n) is 9.24. The van der Waals surface area contributed by atoms with Gasteiger partial charge in [-0.25, -0.2) is 9.97 Å². The van der Waals surface area contributed by atoms with Gasteiger partial charge >= 0.3 is 0 Å². The summed E-state index contributed by atoms with van der Waals surface area (Å²) in [4.78, 5) is 10.3. The van der Waals surface area contributed by atoms with Gasteiger partial charge in [0.2, 0.25) is 0 Å². The Morgan fingerprint density at radius 1 is 0.400 bits per heavy atom. The highest BCUT2D eigenvalue weighted by Gasteiger charge is 2.45. The quantitative estimate of drug-likeness (QED) is 0.234. The molecule has 0 bridgehead atoms. The first kappa shape index (κ1) is 24.5. The summed E-state index contributed by atoms with van der Waals surface area (Å²) in [6.07, 6.45) is 0. The molecule has 0 fully saturated rings. The largest absolute Gasteiger partial charge is 0.244 e. The van der Waals surface area contributed by atoms with Crippen LogP contribution in [0, 0.1) is 0 Å². The van der Waals surface area contributed by atoms with Crippen LogP contribution in [0.25, 0.3) is 55.8 Å². The molecular weight excluding hydrogens is 484 g/mol. The number of benzene rings is 5. The van der Waals surface area contributed by atoms with E-state index in [1.807, 2.05) is 12.1 Å². The monoisotopic (exact) mass is 516 g/mol. The molecule has 2 heteroatoms. The van der Waals surface area contributed by atoms with Crippen molar-refractivity contribution in [3.8, 4) is 44.8 Å². The molecule has 0 saturated carbocycles. The minimum atomic E-state index is -0.0333. The summed E-state index contributed by atoms with van der Waals surface area (Å²) in [6, 6.07) is 43.1. The second kappa shape index (κ2) is 8.99. The average Bonchev–Trinajstić information content (AvgIpc) is 3.00. The molecule has 0 atom stereocenters. The minimum absolute atomic E-state index is 0.00248. The van der Waals surface area contributed by atoms with Crippen LogP contribution in [0.5, 0.6) is 0 Å². The van der Waals surface area contributed by atoms with Crippen molar-refractivity contribution >= 4 is 11.0 Å². The van der Waals surface area contributed by atoms with Crippen molar-refractivity contribution in [3.63, 3.8) is 0 Å². The lowest BCUT2D eigenvalue weighted by molar-refractivity contribution is 0.299. The van der Waals surface area contributed by atoms with Crippen molar-refractivity contribution in [1.82, 2.24) is 9.97 Å². The van der Waals surface area contributed by atoms with Crippen LogP contribution >= 0.6 is 0 Å². The molecule has 0 unspecified atom stereocenters. The van der Waals surface area contributed by atoms with Crippen molar-refractivity contribution in [2.75, 3.05) is 0 Å². The maximum absolute atomic E-state index is 5.21. The fourth-order valence-corrected chi connectivity index (χ4v) is 6.24. The number of hydrogen-bond donors (Lipinski definition) is 0. The van der Waals surface area contributed by atoms with Gasteiger partial charge in [0.05, 0.1) is 22.4 Å². The van der Waals surface area contributed by atoms with Crippen LogP contribution in [0.4, 0.5) is 0 Å². The molecule has 1 aliphatic rings. The molecule has 0 amide bonds. The average molecular weight is 517 g/mol. The number of rotatable bonds is 3. The van der Waals surface area contributed by atoms with Crippen molar-refractivity contribution in [2.45, 2.75) is 38.5 Å². The fraction of sp³-hybridized carbons (Fsp3) is 0.158. The van der Waals surface area contributed by atoms with Gasteiger partial charge in [-0.05, 0) is 62.4 Å². The molecule has 194 valence electrons.